The molecule has 1 heterocycles. The van der Waals surface area contributed by atoms with E-state index in [4.69, 9.17) is 0 Å². The van der Waals surface area contributed by atoms with Gasteiger partial charge in [0.25, 0.3) is 5.91 Å². The van der Waals surface area contributed by atoms with Crippen molar-refractivity contribution < 1.29 is 4.79 Å². The number of nitrogens with zero attached hydrogens (tertiary/aromatic N) is 2. The van der Waals surface area contributed by atoms with Gasteiger partial charge in [-0.3, -0.25) is 4.79 Å². The number of hydrogen-bond acceptors (Lipinski definition) is 4. The number of aromatic nitrogens is 1. The number of hydrogen-bond donors (Lipinski definition) is 1. The van der Waals surface area contributed by atoms with E-state index < -0.39 is 0 Å². The topological polar surface area (TPSA) is 45.2 Å². The lowest BCUT2D eigenvalue weighted by molar-refractivity contribution is 0.103. The quantitative estimate of drug-likeness (QED) is 0.765. The summed E-state index contributed by atoms with van der Waals surface area (Å²) in [4.78, 5) is 19.8. The second-order valence-electron chi connectivity index (χ2n) is 5.70. The highest BCUT2D eigenvalue weighted by Gasteiger charge is 2.16. The van der Waals surface area contributed by atoms with E-state index in [-0.39, 0.29) is 5.91 Å². The number of carbonyl (C=O) groups is 1. The zero-order chi connectivity index (χ0) is 17.1. The minimum Gasteiger partial charge on any atom is -0.378 e. The highest BCUT2D eigenvalue weighted by atomic mass is 32.1. The predicted octanol–water partition coefficient (Wildman–Crippen LogP) is 4.44. The van der Waals surface area contributed by atoms with E-state index >= 15 is 0 Å². The Morgan fingerprint density at radius 2 is 1.83 bits per heavy atom. The lowest BCUT2D eigenvalue weighted by Gasteiger charge is -2.13. The fourth-order valence-corrected chi connectivity index (χ4v) is 3.33. The molecule has 0 aliphatic rings. The van der Waals surface area contributed by atoms with Gasteiger partial charge in [0, 0.05) is 31.0 Å². The third-order valence-corrected chi connectivity index (χ3v) is 4.85. The molecule has 3 rings (SSSR count). The van der Waals surface area contributed by atoms with E-state index in [0.29, 0.717) is 4.88 Å². The van der Waals surface area contributed by atoms with Crippen LogP contribution in [-0.4, -0.2) is 25.0 Å². The van der Waals surface area contributed by atoms with Crippen molar-refractivity contribution in [3.63, 3.8) is 0 Å². The molecular weight excluding hydrogens is 318 g/mol. The van der Waals surface area contributed by atoms with Crippen molar-refractivity contribution in [2.24, 2.45) is 0 Å². The average Bonchev–Trinajstić information content (AvgIpc) is 2.98. The van der Waals surface area contributed by atoms with E-state index in [1.54, 1.807) is 0 Å². The molecule has 1 N–H and O–H groups in total. The van der Waals surface area contributed by atoms with E-state index in [9.17, 15) is 4.79 Å². The fourth-order valence-electron chi connectivity index (χ4n) is 2.36. The zero-order valence-corrected chi connectivity index (χ0v) is 14.7. The number of amides is 1. The van der Waals surface area contributed by atoms with Gasteiger partial charge in [-0.2, -0.15) is 0 Å². The van der Waals surface area contributed by atoms with Crippen molar-refractivity contribution in [1.29, 1.82) is 0 Å². The Bertz CT molecular complexity index is 856. The van der Waals surface area contributed by atoms with Crippen LogP contribution in [0.15, 0.2) is 54.6 Å². The highest BCUT2D eigenvalue weighted by Crippen LogP contribution is 2.28. The molecule has 1 aromatic heterocycles. The molecule has 0 aliphatic carbocycles. The monoisotopic (exact) mass is 337 g/mol. The maximum atomic E-state index is 12.6. The molecule has 24 heavy (non-hydrogen) atoms. The Morgan fingerprint density at radius 3 is 2.54 bits per heavy atom. The maximum absolute atomic E-state index is 12.6. The van der Waals surface area contributed by atoms with E-state index in [1.807, 2.05) is 80.5 Å². The second-order valence-corrected chi connectivity index (χ2v) is 6.70. The second kappa shape index (κ2) is 6.84. The van der Waals surface area contributed by atoms with Gasteiger partial charge in [0.15, 0.2) is 0 Å². The van der Waals surface area contributed by atoms with Crippen molar-refractivity contribution in [2.45, 2.75) is 6.92 Å². The number of thiazole rings is 1. The van der Waals surface area contributed by atoms with Gasteiger partial charge in [-0.1, -0.05) is 36.4 Å². The average molecular weight is 337 g/mol. The molecule has 0 radical (unpaired) electrons. The first-order valence-electron chi connectivity index (χ1n) is 7.66. The van der Waals surface area contributed by atoms with Crippen LogP contribution in [0, 0.1) is 6.92 Å². The van der Waals surface area contributed by atoms with Crippen LogP contribution in [0.1, 0.15) is 15.4 Å². The number of anilines is 2. The summed E-state index contributed by atoms with van der Waals surface area (Å²) in [7, 11) is 3.95. The van der Waals surface area contributed by atoms with Crippen molar-refractivity contribution in [2.75, 3.05) is 24.3 Å². The van der Waals surface area contributed by atoms with E-state index in [0.717, 1.165) is 27.6 Å². The van der Waals surface area contributed by atoms with E-state index in [2.05, 4.69) is 10.3 Å². The third kappa shape index (κ3) is 3.46. The van der Waals surface area contributed by atoms with Crippen LogP contribution in [0.4, 0.5) is 11.4 Å². The molecule has 0 saturated carbocycles. The Morgan fingerprint density at radius 1 is 1.08 bits per heavy atom. The molecule has 2 aromatic carbocycles. The summed E-state index contributed by atoms with van der Waals surface area (Å²) in [6.07, 6.45) is 0. The Labute approximate surface area is 145 Å². The Kier molecular flexibility index (Phi) is 4.62. The predicted molar refractivity (Wildman–Crippen MR) is 101 cm³/mol. The molecule has 0 fully saturated rings. The zero-order valence-electron chi connectivity index (χ0n) is 13.9. The molecule has 4 nitrogen and oxygen atoms in total. The van der Waals surface area contributed by atoms with Crippen LogP contribution in [0.2, 0.25) is 0 Å². The molecule has 122 valence electrons. The number of carbonyl (C=O) groups excluding carboxylic acids is 1. The highest BCUT2D eigenvalue weighted by molar-refractivity contribution is 7.17. The first-order valence-corrected chi connectivity index (χ1v) is 8.48. The largest absolute Gasteiger partial charge is 0.378 e. The van der Waals surface area contributed by atoms with Gasteiger partial charge in [0.1, 0.15) is 9.88 Å². The van der Waals surface area contributed by atoms with Gasteiger partial charge < -0.3 is 10.2 Å². The number of rotatable bonds is 4. The van der Waals surface area contributed by atoms with Crippen LogP contribution in [0.3, 0.4) is 0 Å². The first kappa shape index (κ1) is 16.2. The van der Waals surface area contributed by atoms with Crippen molar-refractivity contribution >= 4 is 28.6 Å². The summed E-state index contributed by atoms with van der Waals surface area (Å²) < 4.78 is 0. The van der Waals surface area contributed by atoms with Crippen LogP contribution < -0.4 is 10.2 Å². The smallest absolute Gasteiger partial charge is 0.267 e. The molecule has 1 amide bonds. The van der Waals surface area contributed by atoms with Gasteiger partial charge >= 0.3 is 0 Å². The number of aryl methyl sites for hydroxylation is 1. The molecule has 5 heteroatoms. The summed E-state index contributed by atoms with van der Waals surface area (Å²) in [5.41, 5.74) is 3.60. The lowest BCUT2D eigenvalue weighted by atomic mass is 10.2. The Balaban J connectivity index is 1.83. The maximum Gasteiger partial charge on any atom is 0.267 e. The number of nitrogens with one attached hydrogen (secondary N) is 1. The summed E-state index contributed by atoms with van der Waals surface area (Å²) in [5.74, 6) is -0.122. The standard InChI is InChI=1S/C19H19N3OS/c1-13-17(24-19(20-13)14-8-5-4-6-9-14)18(23)21-15-10-7-11-16(12-15)22(2)3/h4-12H,1-3H3,(H,21,23). The van der Waals surface area contributed by atoms with E-state index in [1.165, 1.54) is 11.3 Å². The molecule has 0 atom stereocenters. The van der Waals surface area contributed by atoms with Crippen molar-refractivity contribution in [3.8, 4) is 10.6 Å². The van der Waals surface area contributed by atoms with Crippen LogP contribution in [0.25, 0.3) is 10.6 Å². The molecule has 0 saturated heterocycles. The van der Waals surface area contributed by atoms with Crippen LogP contribution in [-0.2, 0) is 0 Å². The summed E-state index contributed by atoms with van der Waals surface area (Å²) >= 11 is 1.42. The molecular formula is C19H19N3OS. The number of benzene rings is 2. The molecule has 0 unspecified atom stereocenters. The molecule has 0 aliphatic heterocycles. The summed E-state index contributed by atoms with van der Waals surface area (Å²) in [6, 6.07) is 17.7. The lowest BCUT2D eigenvalue weighted by Crippen LogP contribution is -2.13. The fraction of sp³-hybridized carbons (Fsp3) is 0.158. The van der Waals surface area contributed by atoms with Crippen molar-refractivity contribution in [3.05, 3.63) is 65.2 Å². The summed E-state index contributed by atoms with van der Waals surface area (Å²) in [6.45, 7) is 1.87. The minimum absolute atomic E-state index is 0.122. The van der Waals surface area contributed by atoms with Crippen LogP contribution in [0.5, 0.6) is 0 Å². The van der Waals surface area contributed by atoms with Gasteiger partial charge in [-0.25, -0.2) is 4.98 Å². The van der Waals surface area contributed by atoms with Gasteiger partial charge in [-0.15, -0.1) is 11.3 Å². The molecule has 3 aromatic rings. The molecule has 0 spiro atoms. The molecule has 0 bridgehead atoms. The minimum atomic E-state index is -0.122. The SMILES string of the molecule is Cc1nc(-c2ccccc2)sc1C(=O)Nc1cccc(N(C)C)c1. The Hall–Kier alpha value is -2.66. The van der Waals surface area contributed by atoms with Gasteiger partial charge in [0.05, 0.1) is 5.69 Å². The third-order valence-electron chi connectivity index (χ3n) is 3.64. The summed E-state index contributed by atoms with van der Waals surface area (Å²) in [5, 5.41) is 3.83. The normalized spacial score (nSPS) is 10.5. The first-order chi connectivity index (χ1) is 11.5. The van der Waals surface area contributed by atoms with Gasteiger partial charge in [0.2, 0.25) is 0 Å². The van der Waals surface area contributed by atoms with Crippen LogP contribution >= 0.6 is 11.3 Å². The van der Waals surface area contributed by atoms with Crippen molar-refractivity contribution in [1.82, 2.24) is 4.98 Å². The van der Waals surface area contributed by atoms with Gasteiger partial charge in [-0.05, 0) is 25.1 Å².